The standard InChI is InChI=1S/C43H30S/c1-28(31-24-12-17-30-16-3-4-18-32(30)31)14-11-15-29(2)41-34-20-5-7-22-36(34)42(37-23-8-6-21-35(37)41)39-26-13-25-38-33-19-9-10-27-40(33)44-43(38)39/h3-27H,2H2,1H3/b15-11-,28-14+. The van der Waals surface area contributed by atoms with Crippen LogP contribution in [0, 0.1) is 0 Å². The van der Waals surface area contributed by atoms with E-state index >= 15 is 0 Å². The third-order valence-corrected chi connectivity index (χ3v) is 10.0. The third kappa shape index (κ3) is 4.28. The fraction of sp³-hybridized carbons (Fsp3) is 0.0233. The zero-order chi connectivity index (χ0) is 29.6. The second-order valence-electron chi connectivity index (χ2n) is 11.4. The van der Waals surface area contributed by atoms with Gasteiger partial charge in [0.2, 0.25) is 0 Å². The molecule has 1 aromatic heterocycles. The smallest absolute Gasteiger partial charge is 0.0434 e. The van der Waals surface area contributed by atoms with Crippen molar-refractivity contribution >= 4 is 75.0 Å². The average molecular weight is 579 g/mol. The maximum atomic E-state index is 4.61. The highest BCUT2D eigenvalue weighted by molar-refractivity contribution is 7.26. The van der Waals surface area contributed by atoms with Crippen molar-refractivity contribution in [2.45, 2.75) is 6.92 Å². The topological polar surface area (TPSA) is 0 Å². The summed E-state index contributed by atoms with van der Waals surface area (Å²) in [4.78, 5) is 0. The minimum Gasteiger partial charge on any atom is -0.135 e. The van der Waals surface area contributed by atoms with Crippen LogP contribution in [0.4, 0.5) is 0 Å². The van der Waals surface area contributed by atoms with Gasteiger partial charge >= 0.3 is 0 Å². The molecular weight excluding hydrogens is 549 g/mol. The first-order chi connectivity index (χ1) is 21.7. The van der Waals surface area contributed by atoms with Gasteiger partial charge in [0.1, 0.15) is 0 Å². The van der Waals surface area contributed by atoms with E-state index in [1.807, 2.05) is 11.3 Å². The van der Waals surface area contributed by atoms with Crippen molar-refractivity contribution in [1.82, 2.24) is 0 Å². The van der Waals surface area contributed by atoms with E-state index in [1.54, 1.807) is 0 Å². The summed E-state index contributed by atoms with van der Waals surface area (Å²) >= 11 is 1.89. The number of fused-ring (bicyclic) bond motifs is 6. The molecule has 0 aliphatic heterocycles. The molecule has 8 rings (SSSR count). The number of thiophene rings is 1. The fourth-order valence-electron chi connectivity index (χ4n) is 6.76. The lowest BCUT2D eigenvalue weighted by atomic mass is 9.86. The number of hydrogen-bond acceptors (Lipinski definition) is 1. The second kappa shape index (κ2) is 10.8. The van der Waals surface area contributed by atoms with Crippen LogP contribution in [0.3, 0.4) is 0 Å². The lowest BCUT2D eigenvalue weighted by Gasteiger charge is -2.18. The minimum absolute atomic E-state index is 1.01. The summed E-state index contributed by atoms with van der Waals surface area (Å²) in [5, 5.41) is 10.1. The van der Waals surface area contributed by atoms with Crippen molar-refractivity contribution in [2.75, 3.05) is 0 Å². The molecule has 44 heavy (non-hydrogen) atoms. The maximum absolute atomic E-state index is 4.61. The average Bonchev–Trinajstić information content (AvgIpc) is 3.46. The summed E-state index contributed by atoms with van der Waals surface area (Å²) in [5.74, 6) is 0. The van der Waals surface area contributed by atoms with Gasteiger partial charge in [0.05, 0.1) is 0 Å². The molecule has 1 heteroatoms. The maximum Gasteiger partial charge on any atom is 0.0434 e. The van der Waals surface area contributed by atoms with Gasteiger partial charge in [0.25, 0.3) is 0 Å². The minimum atomic E-state index is 1.01. The molecule has 0 saturated heterocycles. The Morgan fingerprint density at radius 1 is 0.568 bits per heavy atom. The molecule has 208 valence electrons. The predicted molar refractivity (Wildman–Crippen MR) is 196 cm³/mol. The van der Waals surface area contributed by atoms with Crippen LogP contribution >= 0.6 is 11.3 Å². The van der Waals surface area contributed by atoms with Crippen molar-refractivity contribution in [2.24, 2.45) is 0 Å². The van der Waals surface area contributed by atoms with Crippen molar-refractivity contribution in [1.29, 1.82) is 0 Å². The molecule has 0 spiro atoms. The number of rotatable bonds is 5. The molecule has 7 aromatic carbocycles. The Bertz CT molecular complexity index is 2400. The first-order valence-electron chi connectivity index (χ1n) is 15.1. The highest BCUT2D eigenvalue weighted by atomic mass is 32.1. The van der Waals surface area contributed by atoms with Gasteiger partial charge in [-0.15, -0.1) is 11.3 Å². The monoisotopic (exact) mass is 578 g/mol. The summed E-state index contributed by atoms with van der Waals surface area (Å²) in [5.41, 5.74) is 7.27. The second-order valence-corrected chi connectivity index (χ2v) is 12.4. The first-order valence-corrected chi connectivity index (χ1v) is 15.9. The molecule has 0 aliphatic rings. The van der Waals surface area contributed by atoms with Crippen molar-refractivity contribution in [3.05, 3.63) is 169 Å². The summed E-state index contributed by atoms with van der Waals surface area (Å²) in [6.07, 6.45) is 6.51. The lowest BCUT2D eigenvalue weighted by molar-refractivity contribution is 1.61. The Labute approximate surface area is 261 Å². The highest BCUT2D eigenvalue weighted by Gasteiger charge is 2.18. The highest BCUT2D eigenvalue weighted by Crippen LogP contribution is 2.46. The summed E-state index contributed by atoms with van der Waals surface area (Å²) < 4.78 is 2.66. The van der Waals surface area contributed by atoms with Crippen LogP contribution in [0.2, 0.25) is 0 Å². The third-order valence-electron chi connectivity index (χ3n) is 8.78. The van der Waals surface area contributed by atoms with Gasteiger partial charge < -0.3 is 0 Å². The van der Waals surface area contributed by atoms with Crippen LogP contribution in [0.15, 0.2) is 158 Å². The summed E-state index contributed by atoms with van der Waals surface area (Å²) in [6, 6.07) is 48.2. The Kier molecular flexibility index (Phi) is 6.47. The molecule has 0 aliphatic carbocycles. The Balaban J connectivity index is 1.29. The molecule has 0 nitrogen and oxygen atoms in total. The van der Waals surface area contributed by atoms with Crippen LogP contribution in [0.25, 0.3) is 74.8 Å². The van der Waals surface area contributed by atoms with E-state index in [0.717, 1.165) is 5.57 Å². The molecule has 0 atom stereocenters. The van der Waals surface area contributed by atoms with Gasteiger partial charge in [-0.3, -0.25) is 0 Å². The molecule has 0 radical (unpaired) electrons. The van der Waals surface area contributed by atoms with E-state index in [9.17, 15) is 0 Å². The zero-order valence-electron chi connectivity index (χ0n) is 24.5. The molecule has 1 heterocycles. The van der Waals surface area contributed by atoms with Gasteiger partial charge in [-0.2, -0.15) is 0 Å². The van der Waals surface area contributed by atoms with Crippen LogP contribution < -0.4 is 0 Å². The van der Waals surface area contributed by atoms with Gasteiger partial charge in [-0.05, 0) is 73.1 Å². The van der Waals surface area contributed by atoms with Gasteiger partial charge in [-0.25, -0.2) is 0 Å². The number of hydrogen-bond donors (Lipinski definition) is 0. The first kappa shape index (κ1) is 26.4. The molecule has 0 bridgehead atoms. The lowest BCUT2D eigenvalue weighted by Crippen LogP contribution is -1.92. The summed E-state index contributed by atoms with van der Waals surface area (Å²) in [6.45, 7) is 6.80. The Morgan fingerprint density at radius 2 is 1.14 bits per heavy atom. The van der Waals surface area contributed by atoms with E-state index in [4.69, 9.17) is 0 Å². The molecule has 0 N–H and O–H groups in total. The SMILES string of the molecule is C=C(/C=C\C=C(/C)c1cccc2ccccc12)c1c2ccccc2c(-c2cccc3c2sc2ccccc23)c2ccccc12. The quantitative estimate of drug-likeness (QED) is 0.141. The van der Waals surface area contributed by atoms with E-state index in [1.165, 1.54) is 80.3 Å². The van der Waals surface area contributed by atoms with E-state index in [0.29, 0.717) is 0 Å². The van der Waals surface area contributed by atoms with Crippen LogP contribution in [-0.2, 0) is 0 Å². The number of benzene rings is 7. The predicted octanol–water partition coefficient (Wildman–Crippen LogP) is 12.9. The molecular formula is C43H30S. The van der Waals surface area contributed by atoms with E-state index < -0.39 is 0 Å². The van der Waals surface area contributed by atoms with Crippen LogP contribution in [-0.4, -0.2) is 0 Å². The normalized spacial score (nSPS) is 12.3. The summed E-state index contributed by atoms with van der Waals surface area (Å²) in [7, 11) is 0. The van der Waals surface area contributed by atoms with Gasteiger partial charge in [0.15, 0.2) is 0 Å². The van der Waals surface area contributed by atoms with Crippen molar-refractivity contribution in [3.8, 4) is 11.1 Å². The molecule has 8 aromatic rings. The number of allylic oxidation sites excluding steroid dienone is 5. The van der Waals surface area contributed by atoms with E-state index in [-0.39, 0.29) is 0 Å². The van der Waals surface area contributed by atoms with Gasteiger partial charge in [-0.1, -0.05) is 152 Å². The fourth-order valence-corrected chi connectivity index (χ4v) is 7.98. The van der Waals surface area contributed by atoms with Crippen LogP contribution in [0.1, 0.15) is 18.1 Å². The molecule has 0 amide bonds. The zero-order valence-corrected chi connectivity index (χ0v) is 25.4. The Morgan fingerprint density at radius 3 is 1.89 bits per heavy atom. The van der Waals surface area contributed by atoms with E-state index in [2.05, 4.69) is 165 Å². The van der Waals surface area contributed by atoms with Crippen molar-refractivity contribution < 1.29 is 0 Å². The van der Waals surface area contributed by atoms with Crippen LogP contribution in [0.5, 0.6) is 0 Å². The van der Waals surface area contributed by atoms with Crippen molar-refractivity contribution in [3.63, 3.8) is 0 Å². The molecule has 0 unspecified atom stereocenters. The largest absolute Gasteiger partial charge is 0.135 e. The Hall–Kier alpha value is -5.24. The van der Waals surface area contributed by atoms with Gasteiger partial charge in [0, 0.05) is 25.7 Å². The molecule has 0 fully saturated rings. The molecule has 0 saturated carbocycles.